The van der Waals surface area contributed by atoms with E-state index < -0.39 is 0 Å². The first-order valence-corrected chi connectivity index (χ1v) is 7.60. The molecule has 0 saturated heterocycles. The van der Waals surface area contributed by atoms with Crippen molar-refractivity contribution in [2.45, 2.75) is 6.54 Å². The van der Waals surface area contributed by atoms with Crippen molar-refractivity contribution in [1.82, 2.24) is 49.3 Å². The average molecular weight is 332 g/mol. The van der Waals surface area contributed by atoms with Crippen LogP contribution in [-0.4, -0.2) is 49.3 Å². The molecule has 10 heteroatoms. The van der Waals surface area contributed by atoms with Crippen LogP contribution in [0.25, 0.3) is 28.2 Å². The largest absolute Gasteiger partial charge is 0.275 e. The molecule has 0 aliphatic rings. The fraction of sp³-hybridized carbons (Fsp3) is 0.133. The van der Waals surface area contributed by atoms with E-state index in [0.29, 0.717) is 17.8 Å². The molecule has 5 heterocycles. The van der Waals surface area contributed by atoms with Crippen molar-refractivity contribution < 1.29 is 0 Å². The van der Waals surface area contributed by atoms with Crippen molar-refractivity contribution in [1.29, 1.82) is 0 Å². The maximum Gasteiger partial charge on any atom is 0.221 e. The summed E-state index contributed by atoms with van der Waals surface area (Å²) in [6.07, 6.45) is 8.76. The second-order valence-electron chi connectivity index (χ2n) is 5.65. The quantitative estimate of drug-likeness (QED) is 0.479. The summed E-state index contributed by atoms with van der Waals surface area (Å²) in [5.74, 6) is 0. The molecule has 5 aromatic rings. The van der Waals surface area contributed by atoms with Crippen LogP contribution in [-0.2, 0) is 13.6 Å². The van der Waals surface area contributed by atoms with Gasteiger partial charge in [0.25, 0.3) is 0 Å². The molecule has 122 valence electrons. The van der Waals surface area contributed by atoms with E-state index in [1.165, 1.54) is 6.33 Å². The highest BCUT2D eigenvalue weighted by molar-refractivity contribution is 5.69. The van der Waals surface area contributed by atoms with Gasteiger partial charge >= 0.3 is 0 Å². The number of pyridine rings is 1. The summed E-state index contributed by atoms with van der Waals surface area (Å²) in [4.78, 5) is 13.1. The summed E-state index contributed by atoms with van der Waals surface area (Å²) in [5, 5.41) is 16.6. The van der Waals surface area contributed by atoms with Crippen LogP contribution in [0, 0.1) is 0 Å². The molecule has 0 N–H and O–H groups in total. The van der Waals surface area contributed by atoms with Gasteiger partial charge in [0.1, 0.15) is 6.33 Å². The highest BCUT2D eigenvalue weighted by atomic mass is 15.5. The summed E-state index contributed by atoms with van der Waals surface area (Å²) in [5.41, 5.74) is 4.57. The van der Waals surface area contributed by atoms with Gasteiger partial charge in [0.2, 0.25) is 5.65 Å². The summed E-state index contributed by atoms with van der Waals surface area (Å²) in [6, 6.07) is 3.89. The normalized spacial score (nSPS) is 11.6. The number of rotatable bonds is 3. The van der Waals surface area contributed by atoms with Crippen LogP contribution in [0.1, 0.15) is 5.56 Å². The van der Waals surface area contributed by atoms with Crippen LogP contribution in [0.4, 0.5) is 0 Å². The Bertz CT molecular complexity index is 1200. The van der Waals surface area contributed by atoms with Gasteiger partial charge in [0, 0.05) is 25.0 Å². The minimum atomic E-state index is 0.509. The van der Waals surface area contributed by atoms with Gasteiger partial charge in [-0.15, -0.1) is 5.10 Å². The fourth-order valence-corrected chi connectivity index (χ4v) is 2.68. The van der Waals surface area contributed by atoms with Crippen LogP contribution >= 0.6 is 0 Å². The summed E-state index contributed by atoms with van der Waals surface area (Å²) >= 11 is 0. The van der Waals surface area contributed by atoms with Crippen molar-refractivity contribution in [2.75, 3.05) is 0 Å². The maximum absolute atomic E-state index is 4.65. The lowest BCUT2D eigenvalue weighted by atomic mass is 10.2. The minimum Gasteiger partial charge on any atom is -0.275 e. The van der Waals surface area contributed by atoms with E-state index >= 15 is 0 Å². The second kappa shape index (κ2) is 5.16. The Hall–Kier alpha value is -3.69. The average Bonchev–Trinajstić information content (AvgIpc) is 3.34. The first kappa shape index (κ1) is 13.7. The van der Waals surface area contributed by atoms with Crippen molar-refractivity contribution in [3.05, 3.63) is 48.8 Å². The predicted octanol–water partition coefficient (Wildman–Crippen LogP) is 0.713. The molecule has 0 aromatic carbocycles. The number of aromatic nitrogens is 10. The van der Waals surface area contributed by atoms with Gasteiger partial charge in [-0.3, -0.25) is 4.68 Å². The first-order valence-electron chi connectivity index (χ1n) is 7.60. The molecule has 0 atom stereocenters. The molecule has 0 amide bonds. The Labute approximate surface area is 140 Å². The molecule has 10 nitrogen and oxygen atoms in total. The Morgan fingerprint density at radius 3 is 2.88 bits per heavy atom. The Morgan fingerprint density at radius 1 is 1.04 bits per heavy atom. The zero-order valence-electron chi connectivity index (χ0n) is 13.2. The third-order valence-corrected chi connectivity index (χ3v) is 3.90. The third-order valence-electron chi connectivity index (χ3n) is 3.90. The molecule has 0 unspecified atom stereocenters. The number of nitrogens with zero attached hydrogens (tertiary/aromatic N) is 10. The van der Waals surface area contributed by atoms with Gasteiger partial charge in [0.15, 0.2) is 11.3 Å². The molecule has 5 rings (SSSR count). The molecular formula is C15H12N10. The van der Waals surface area contributed by atoms with Crippen molar-refractivity contribution in [3.8, 4) is 11.3 Å². The second-order valence-corrected chi connectivity index (χ2v) is 5.65. The van der Waals surface area contributed by atoms with Gasteiger partial charge in [-0.1, -0.05) is 11.3 Å². The van der Waals surface area contributed by atoms with Crippen LogP contribution in [0.2, 0.25) is 0 Å². The minimum absolute atomic E-state index is 0.509. The van der Waals surface area contributed by atoms with E-state index in [1.54, 1.807) is 26.3 Å². The highest BCUT2D eigenvalue weighted by Gasteiger charge is 2.11. The number of aryl methyl sites for hydroxylation is 1. The molecule has 0 spiro atoms. The van der Waals surface area contributed by atoms with Crippen LogP contribution in [0.15, 0.2) is 43.2 Å². The van der Waals surface area contributed by atoms with Crippen molar-refractivity contribution >= 4 is 16.9 Å². The monoisotopic (exact) mass is 332 g/mol. The zero-order chi connectivity index (χ0) is 16.8. The Kier molecular flexibility index (Phi) is 2.83. The highest BCUT2D eigenvalue weighted by Crippen LogP contribution is 2.17. The fourth-order valence-electron chi connectivity index (χ4n) is 2.68. The first-order chi connectivity index (χ1) is 12.3. The van der Waals surface area contributed by atoms with E-state index in [0.717, 1.165) is 22.5 Å². The topological polar surface area (TPSA) is 104 Å². The van der Waals surface area contributed by atoms with Crippen LogP contribution < -0.4 is 0 Å². The summed E-state index contributed by atoms with van der Waals surface area (Å²) in [6.45, 7) is 0.511. The van der Waals surface area contributed by atoms with Gasteiger partial charge < -0.3 is 0 Å². The number of fused-ring (bicyclic) bond motifs is 2. The molecule has 0 aliphatic carbocycles. The van der Waals surface area contributed by atoms with E-state index in [4.69, 9.17) is 0 Å². The lowest BCUT2D eigenvalue weighted by Gasteiger charge is -2.03. The van der Waals surface area contributed by atoms with E-state index in [1.807, 2.05) is 31.6 Å². The lowest BCUT2D eigenvalue weighted by molar-refractivity contribution is 0.660. The Morgan fingerprint density at radius 2 is 2.00 bits per heavy atom. The van der Waals surface area contributed by atoms with Gasteiger partial charge in [0.05, 0.1) is 24.6 Å². The standard InChI is InChI=1S/C15H12N10/c1-23-8-11(4-18-23)12-5-16-14-15(20-12)25(22-21-14)7-10-2-3-13-17-9-19-24(13)6-10/h2-6,8-9H,7H2,1H3. The molecule has 5 aromatic heterocycles. The molecule has 0 aliphatic heterocycles. The summed E-state index contributed by atoms with van der Waals surface area (Å²) in [7, 11) is 1.86. The molecule has 0 radical (unpaired) electrons. The molecule has 0 bridgehead atoms. The van der Waals surface area contributed by atoms with Crippen LogP contribution in [0.5, 0.6) is 0 Å². The SMILES string of the molecule is Cn1cc(-c2cnc3nnn(Cc4ccc5ncnn5c4)c3n2)cn1. The third kappa shape index (κ3) is 2.31. The van der Waals surface area contributed by atoms with Crippen molar-refractivity contribution in [3.63, 3.8) is 0 Å². The van der Waals surface area contributed by atoms with Gasteiger partial charge in [-0.2, -0.15) is 10.2 Å². The van der Waals surface area contributed by atoms with E-state index in [2.05, 4.69) is 35.5 Å². The molecule has 0 saturated carbocycles. The van der Waals surface area contributed by atoms with Gasteiger partial charge in [-0.05, 0) is 11.6 Å². The van der Waals surface area contributed by atoms with Crippen LogP contribution in [0.3, 0.4) is 0 Å². The van der Waals surface area contributed by atoms with E-state index in [-0.39, 0.29) is 0 Å². The number of hydrogen-bond donors (Lipinski definition) is 0. The predicted molar refractivity (Wildman–Crippen MR) is 87.4 cm³/mol. The number of hydrogen-bond acceptors (Lipinski definition) is 7. The molecule has 0 fully saturated rings. The van der Waals surface area contributed by atoms with Crippen molar-refractivity contribution in [2.24, 2.45) is 7.05 Å². The lowest BCUT2D eigenvalue weighted by Crippen LogP contribution is -2.04. The van der Waals surface area contributed by atoms with E-state index in [9.17, 15) is 0 Å². The maximum atomic E-state index is 4.65. The van der Waals surface area contributed by atoms with Gasteiger partial charge in [-0.25, -0.2) is 24.1 Å². The molecule has 25 heavy (non-hydrogen) atoms. The Balaban J connectivity index is 1.56. The smallest absolute Gasteiger partial charge is 0.221 e. The summed E-state index contributed by atoms with van der Waals surface area (Å²) < 4.78 is 5.17. The molecular weight excluding hydrogens is 320 g/mol. The zero-order valence-corrected chi connectivity index (χ0v) is 13.2.